The second kappa shape index (κ2) is 6.07. The second-order valence-electron chi connectivity index (χ2n) is 5.02. The van der Waals surface area contributed by atoms with Gasteiger partial charge in [-0.2, -0.15) is 0 Å². The monoisotopic (exact) mass is 269 g/mol. The highest BCUT2D eigenvalue weighted by Crippen LogP contribution is 2.23. The van der Waals surface area contributed by atoms with Crippen LogP contribution in [0.1, 0.15) is 5.56 Å². The molecule has 1 heterocycles. The van der Waals surface area contributed by atoms with Crippen molar-refractivity contribution in [1.82, 2.24) is 5.32 Å². The Morgan fingerprint density at radius 3 is 2.05 bits per heavy atom. The van der Waals surface area contributed by atoms with Gasteiger partial charge in [0.05, 0.1) is 19.8 Å². The predicted molar refractivity (Wildman–Crippen MR) is 79.9 cm³/mol. The summed E-state index contributed by atoms with van der Waals surface area (Å²) in [5, 5.41) is 3.20. The van der Waals surface area contributed by atoms with Crippen LogP contribution in [0.15, 0.2) is 48.5 Å². The molecule has 20 heavy (non-hydrogen) atoms. The molecular formula is C17H19NO2. The van der Waals surface area contributed by atoms with Crippen molar-refractivity contribution in [3.8, 4) is 16.9 Å². The molecule has 0 saturated carbocycles. The van der Waals surface area contributed by atoms with Crippen LogP contribution >= 0.6 is 0 Å². The molecule has 0 amide bonds. The third-order valence-electron chi connectivity index (χ3n) is 3.61. The molecule has 1 fully saturated rings. The van der Waals surface area contributed by atoms with Crippen LogP contribution in [0.3, 0.4) is 0 Å². The number of benzene rings is 2. The maximum absolute atomic E-state index is 5.76. The van der Waals surface area contributed by atoms with Crippen LogP contribution in [0.4, 0.5) is 0 Å². The van der Waals surface area contributed by atoms with Crippen molar-refractivity contribution >= 4 is 0 Å². The van der Waals surface area contributed by atoms with E-state index in [2.05, 4.69) is 41.7 Å². The van der Waals surface area contributed by atoms with Crippen molar-refractivity contribution < 1.29 is 9.47 Å². The number of methoxy groups -OCH3 is 1. The lowest BCUT2D eigenvalue weighted by molar-refractivity contribution is 0.00759. The number of hydrogen-bond acceptors (Lipinski definition) is 3. The van der Waals surface area contributed by atoms with Gasteiger partial charge in [-0.05, 0) is 28.8 Å². The minimum Gasteiger partial charge on any atom is -0.497 e. The highest BCUT2D eigenvalue weighted by molar-refractivity contribution is 5.64. The Morgan fingerprint density at radius 1 is 0.950 bits per heavy atom. The van der Waals surface area contributed by atoms with E-state index in [1.54, 1.807) is 7.11 Å². The number of ether oxygens (including phenoxy) is 2. The van der Waals surface area contributed by atoms with Crippen molar-refractivity contribution in [1.29, 1.82) is 0 Å². The van der Waals surface area contributed by atoms with Gasteiger partial charge in [-0.3, -0.25) is 0 Å². The fourth-order valence-corrected chi connectivity index (χ4v) is 2.17. The average Bonchev–Trinajstić information content (AvgIpc) is 2.46. The Hall–Kier alpha value is -1.84. The first kappa shape index (κ1) is 13.2. The molecular weight excluding hydrogens is 250 g/mol. The SMILES string of the molecule is COc1ccc(-c2ccc(COC3CNC3)cc2)cc1. The van der Waals surface area contributed by atoms with Gasteiger partial charge in [-0.15, -0.1) is 0 Å². The van der Waals surface area contributed by atoms with Crippen LogP contribution < -0.4 is 10.1 Å². The Labute approximate surface area is 119 Å². The van der Waals surface area contributed by atoms with E-state index in [0.717, 1.165) is 18.8 Å². The van der Waals surface area contributed by atoms with E-state index >= 15 is 0 Å². The number of nitrogens with one attached hydrogen (secondary N) is 1. The number of rotatable bonds is 5. The van der Waals surface area contributed by atoms with Crippen molar-refractivity contribution in [3.05, 3.63) is 54.1 Å². The minimum atomic E-state index is 0.385. The summed E-state index contributed by atoms with van der Waals surface area (Å²) in [5.41, 5.74) is 3.62. The Balaban J connectivity index is 1.64. The van der Waals surface area contributed by atoms with Crippen LogP contribution in [0.2, 0.25) is 0 Å². The van der Waals surface area contributed by atoms with Gasteiger partial charge >= 0.3 is 0 Å². The normalized spacial score (nSPS) is 14.8. The van der Waals surface area contributed by atoms with Crippen LogP contribution in [0.25, 0.3) is 11.1 Å². The highest BCUT2D eigenvalue weighted by Gasteiger charge is 2.16. The maximum atomic E-state index is 5.76. The molecule has 2 aromatic carbocycles. The maximum Gasteiger partial charge on any atom is 0.118 e. The summed E-state index contributed by atoms with van der Waals surface area (Å²) in [4.78, 5) is 0. The molecule has 0 aromatic heterocycles. The van der Waals surface area contributed by atoms with Crippen molar-refractivity contribution in [2.24, 2.45) is 0 Å². The first-order valence-electron chi connectivity index (χ1n) is 6.91. The van der Waals surface area contributed by atoms with E-state index < -0.39 is 0 Å². The minimum absolute atomic E-state index is 0.385. The van der Waals surface area contributed by atoms with Crippen LogP contribution in [0, 0.1) is 0 Å². The summed E-state index contributed by atoms with van der Waals surface area (Å²) in [7, 11) is 1.68. The van der Waals surface area contributed by atoms with Gasteiger partial charge in [0, 0.05) is 13.1 Å². The molecule has 0 radical (unpaired) electrons. The van der Waals surface area contributed by atoms with Crippen LogP contribution in [0.5, 0.6) is 5.75 Å². The molecule has 0 spiro atoms. The van der Waals surface area contributed by atoms with Gasteiger partial charge in [0.15, 0.2) is 0 Å². The zero-order chi connectivity index (χ0) is 13.8. The molecule has 1 N–H and O–H groups in total. The summed E-state index contributed by atoms with van der Waals surface area (Å²) in [6.45, 7) is 2.64. The van der Waals surface area contributed by atoms with E-state index in [4.69, 9.17) is 9.47 Å². The molecule has 0 aliphatic carbocycles. The van der Waals surface area contributed by atoms with E-state index in [1.165, 1.54) is 16.7 Å². The molecule has 1 aliphatic rings. The van der Waals surface area contributed by atoms with Crippen molar-refractivity contribution in [2.75, 3.05) is 20.2 Å². The van der Waals surface area contributed by atoms with Gasteiger partial charge in [0.25, 0.3) is 0 Å². The van der Waals surface area contributed by atoms with E-state index in [0.29, 0.717) is 12.7 Å². The van der Waals surface area contributed by atoms with Gasteiger partial charge in [0.1, 0.15) is 5.75 Å². The van der Waals surface area contributed by atoms with Crippen molar-refractivity contribution in [2.45, 2.75) is 12.7 Å². The van der Waals surface area contributed by atoms with Crippen LogP contribution in [-0.2, 0) is 11.3 Å². The first-order chi connectivity index (χ1) is 9.85. The zero-order valence-electron chi connectivity index (χ0n) is 11.6. The molecule has 2 aromatic rings. The largest absolute Gasteiger partial charge is 0.497 e. The lowest BCUT2D eigenvalue weighted by atomic mass is 10.0. The zero-order valence-corrected chi connectivity index (χ0v) is 11.6. The Bertz CT molecular complexity index is 544. The summed E-state index contributed by atoms with van der Waals surface area (Å²) in [5.74, 6) is 0.882. The highest BCUT2D eigenvalue weighted by atomic mass is 16.5. The Kier molecular flexibility index (Phi) is 4.00. The smallest absolute Gasteiger partial charge is 0.118 e. The molecule has 3 nitrogen and oxygen atoms in total. The lowest BCUT2D eigenvalue weighted by Gasteiger charge is -2.27. The van der Waals surface area contributed by atoms with Crippen molar-refractivity contribution in [3.63, 3.8) is 0 Å². The Morgan fingerprint density at radius 2 is 1.55 bits per heavy atom. The average molecular weight is 269 g/mol. The molecule has 3 rings (SSSR count). The summed E-state index contributed by atoms with van der Waals surface area (Å²) in [6, 6.07) is 16.6. The quantitative estimate of drug-likeness (QED) is 0.905. The fraction of sp³-hybridized carbons (Fsp3) is 0.294. The van der Waals surface area contributed by atoms with Gasteiger partial charge in [-0.25, -0.2) is 0 Å². The first-order valence-corrected chi connectivity index (χ1v) is 6.91. The van der Waals surface area contributed by atoms with Gasteiger partial charge in [-0.1, -0.05) is 36.4 Å². The third-order valence-corrected chi connectivity index (χ3v) is 3.61. The molecule has 3 heteroatoms. The molecule has 0 bridgehead atoms. The summed E-state index contributed by atoms with van der Waals surface area (Å²) >= 11 is 0. The lowest BCUT2D eigenvalue weighted by Crippen LogP contribution is -2.48. The third kappa shape index (κ3) is 3.00. The van der Waals surface area contributed by atoms with E-state index in [-0.39, 0.29) is 0 Å². The second-order valence-corrected chi connectivity index (χ2v) is 5.02. The number of hydrogen-bond donors (Lipinski definition) is 1. The molecule has 0 atom stereocenters. The van der Waals surface area contributed by atoms with Gasteiger partial charge in [0.2, 0.25) is 0 Å². The fourth-order valence-electron chi connectivity index (χ4n) is 2.17. The van der Waals surface area contributed by atoms with Gasteiger partial charge < -0.3 is 14.8 Å². The summed E-state index contributed by atoms with van der Waals surface area (Å²) in [6.07, 6.45) is 0.385. The standard InChI is InChI=1S/C17H19NO2/c1-19-16-8-6-15(7-9-16)14-4-2-13(3-5-14)12-20-17-10-18-11-17/h2-9,17-18H,10-12H2,1H3. The predicted octanol–water partition coefficient (Wildman–Crippen LogP) is 2.85. The van der Waals surface area contributed by atoms with E-state index in [9.17, 15) is 0 Å². The van der Waals surface area contributed by atoms with Crippen LogP contribution in [-0.4, -0.2) is 26.3 Å². The molecule has 0 unspecified atom stereocenters. The molecule has 1 saturated heterocycles. The molecule has 1 aliphatic heterocycles. The molecule has 104 valence electrons. The van der Waals surface area contributed by atoms with E-state index in [1.807, 2.05) is 12.1 Å². The summed E-state index contributed by atoms with van der Waals surface area (Å²) < 4.78 is 10.9. The topological polar surface area (TPSA) is 30.5 Å².